The fourth-order valence-electron chi connectivity index (χ4n) is 1.74. The molecule has 0 aromatic rings. The van der Waals surface area contributed by atoms with Gasteiger partial charge in [0.25, 0.3) is 0 Å². The number of hydrogen-bond donors (Lipinski definition) is 0. The molecule has 0 spiro atoms. The fourth-order valence-corrected chi connectivity index (χ4v) is 1.74. The van der Waals surface area contributed by atoms with E-state index < -0.39 is 11.9 Å². The molecule has 0 N–H and O–H groups in total. The molecule has 0 fully saturated rings. The Hall–Kier alpha value is -1.12. The van der Waals surface area contributed by atoms with Gasteiger partial charge in [-0.3, -0.25) is 0 Å². The first-order chi connectivity index (χ1) is 6.79. The molecule has 1 aliphatic heterocycles. The van der Waals surface area contributed by atoms with Gasteiger partial charge in [0.2, 0.25) is 0 Å². The third-order valence-electron chi connectivity index (χ3n) is 2.40. The fraction of sp³-hybridized carbons (Fsp3) is 0.636. The Bertz CT molecular complexity index is 250. The summed E-state index contributed by atoms with van der Waals surface area (Å²) < 4.78 is 4.51. The van der Waals surface area contributed by atoms with E-state index in [0.717, 1.165) is 32.1 Å². The van der Waals surface area contributed by atoms with Gasteiger partial charge in [-0.25, -0.2) is 9.59 Å². The van der Waals surface area contributed by atoms with Gasteiger partial charge in [0.05, 0.1) is 0 Å². The number of hydrogen-bond acceptors (Lipinski definition) is 3. The number of ether oxygens (including phenoxy) is 1. The number of rotatable bonds is 0. The van der Waals surface area contributed by atoms with E-state index in [1.54, 1.807) is 0 Å². The molecule has 0 saturated heterocycles. The Kier molecular flexibility index (Phi) is 3.86. The van der Waals surface area contributed by atoms with Gasteiger partial charge in [-0.05, 0) is 25.7 Å². The molecule has 0 aromatic heterocycles. The maximum atomic E-state index is 11.1. The second-order valence-electron chi connectivity index (χ2n) is 3.19. The van der Waals surface area contributed by atoms with E-state index in [2.05, 4.69) is 4.74 Å². The van der Waals surface area contributed by atoms with Crippen LogP contribution >= 0.6 is 0 Å². The van der Waals surface area contributed by atoms with Crippen LogP contribution in [0.15, 0.2) is 11.1 Å². The molecule has 0 unspecified atom stereocenters. The minimum absolute atomic E-state index is 0.406. The average Bonchev–Trinajstić information content (AvgIpc) is 2.44. The van der Waals surface area contributed by atoms with E-state index >= 15 is 0 Å². The van der Waals surface area contributed by atoms with Crippen molar-refractivity contribution in [3.8, 4) is 0 Å². The van der Waals surface area contributed by atoms with Crippen molar-refractivity contribution in [1.82, 2.24) is 0 Å². The summed E-state index contributed by atoms with van der Waals surface area (Å²) in [4.78, 5) is 22.1. The standard InChI is InChI=1S/C9H10O3.C2H6/c10-8-6-4-2-1-3-5-7(6)9(11)12-8;1-2/h1-5H2;1-2H3. The lowest BCUT2D eigenvalue weighted by Crippen LogP contribution is -2.03. The van der Waals surface area contributed by atoms with Gasteiger partial charge in [0.1, 0.15) is 0 Å². The molecule has 1 heterocycles. The summed E-state index contributed by atoms with van der Waals surface area (Å²) in [6, 6.07) is 0. The predicted molar refractivity (Wildman–Crippen MR) is 52.6 cm³/mol. The first-order valence-corrected chi connectivity index (χ1v) is 5.27. The van der Waals surface area contributed by atoms with Crippen molar-refractivity contribution in [2.24, 2.45) is 0 Å². The van der Waals surface area contributed by atoms with Gasteiger partial charge in [-0.15, -0.1) is 0 Å². The number of carbonyl (C=O) groups excluding carboxylic acids is 2. The van der Waals surface area contributed by atoms with Crippen LogP contribution in [0.25, 0.3) is 0 Å². The quantitative estimate of drug-likeness (QED) is 0.441. The van der Waals surface area contributed by atoms with E-state index in [9.17, 15) is 9.59 Å². The van der Waals surface area contributed by atoms with E-state index in [0.29, 0.717) is 11.1 Å². The topological polar surface area (TPSA) is 43.4 Å². The Morgan fingerprint density at radius 1 is 0.857 bits per heavy atom. The molecule has 0 amide bonds. The summed E-state index contributed by atoms with van der Waals surface area (Å²) in [6.45, 7) is 4.00. The van der Waals surface area contributed by atoms with Crippen molar-refractivity contribution < 1.29 is 14.3 Å². The van der Waals surface area contributed by atoms with Crippen molar-refractivity contribution in [3.05, 3.63) is 11.1 Å². The van der Waals surface area contributed by atoms with Gasteiger partial charge < -0.3 is 4.74 Å². The van der Waals surface area contributed by atoms with E-state index in [4.69, 9.17) is 0 Å². The summed E-state index contributed by atoms with van der Waals surface area (Å²) in [6.07, 6.45) is 4.55. The summed E-state index contributed by atoms with van der Waals surface area (Å²) >= 11 is 0. The van der Waals surface area contributed by atoms with Crippen LogP contribution in [0.1, 0.15) is 46.0 Å². The highest BCUT2D eigenvalue weighted by molar-refractivity contribution is 6.12. The predicted octanol–water partition coefficient (Wildman–Crippen LogP) is 2.36. The zero-order valence-electron chi connectivity index (χ0n) is 8.76. The lowest BCUT2D eigenvalue weighted by molar-refractivity contribution is -0.151. The number of esters is 2. The summed E-state index contributed by atoms with van der Waals surface area (Å²) in [5.74, 6) is -0.811. The highest BCUT2D eigenvalue weighted by atomic mass is 16.6. The zero-order chi connectivity index (χ0) is 10.6. The van der Waals surface area contributed by atoms with Crippen LogP contribution in [-0.2, 0) is 14.3 Å². The van der Waals surface area contributed by atoms with Crippen LogP contribution in [0.2, 0.25) is 0 Å². The maximum absolute atomic E-state index is 11.1. The van der Waals surface area contributed by atoms with Crippen LogP contribution in [0.5, 0.6) is 0 Å². The summed E-state index contributed by atoms with van der Waals surface area (Å²) in [5, 5.41) is 0. The monoisotopic (exact) mass is 196 g/mol. The molecular formula is C11H16O3. The van der Waals surface area contributed by atoms with E-state index in [1.807, 2.05) is 13.8 Å². The lowest BCUT2D eigenvalue weighted by Gasteiger charge is -1.95. The van der Waals surface area contributed by atoms with Crippen LogP contribution in [0, 0.1) is 0 Å². The number of carbonyl (C=O) groups is 2. The van der Waals surface area contributed by atoms with Crippen LogP contribution in [-0.4, -0.2) is 11.9 Å². The normalized spacial score (nSPS) is 20.7. The smallest absolute Gasteiger partial charge is 0.342 e. The van der Waals surface area contributed by atoms with Crippen molar-refractivity contribution in [2.75, 3.05) is 0 Å². The first-order valence-electron chi connectivity index (χ1n) is 5.27. The van der Waals surface area contributed by atoms with Crippen molar-refractivity contribution in [3.63, 3.8) is 0 Å². The van der Waals surface area contributed by atoms with E-state index in [1.165, 1.54) is 0 Å². The van der Waals surface area contributed by atoms with Gasteiger partial charge in [-0.1, -0.05) is 20.3 Å². The Balaban J connectivity index is 0.000000461. The van der Waals surface area contributed by atoms with Crippen LogP contribution < -0.4 is 0 Å². The Morgan fingerprint density at radius 2 is 1.29 bits per heavy atom. The molecule has 0 radical (unpaired) electrons. The maximum Gasteiger partial charge on any atom is 0.342 e. The lowest BCUT2D eigenvalue weighted by atomic mass is 10.1. The minimum Gasteiger partial charge on any atom is -0.386 e. The molecule has 2 aliphatic rings. The highest BCUT2D eigenvalue weighted by Crippen LogP contribution is 2.29. The summed E-state index contributed by atoms with van der Waals surface area (Å²) in [5.41, 5.74) is 1.27. The molecule has 3 heteroatoms. The molecule has 14 heavy (non-hydrogen) atoms. The van der Waals surface area contributed by atoms with Crippen molar-refractivity contribution in [1.29, 1.82) is 0 Å². The van der Waals surface area contributed by atoms with E-state index in [-0.39, 0.29) is 0 Å². The van der Waals surface area contributed by atoms with Crippen LogP contribution in [0.3, 0.4) is 0 Å². The molecule has 1 aliphatic carbocycles. The second kappa shape index (κ2) is 4.94. The molecule has 78 valence electrons. The van der Waals surface area contributed by atoms with Gasteiger partial charge in [0, 0.05) is 11.1 Å². The molecule has 2 rings (SSSR count). The van der Waals surface area contributed by atoms with Gasteiger partial charge >= 0.3 is 11.9 Å². The van der Waals surface area contributed by atoms with Crippen molar-refractivity contribution in [2.45, 2.75) is 46.0 Å². The Morgan fingerprint density at radius 3 is 1.71 bits per heavy atom. The second-order valence-corrected chi connectivity index (χ2v) is 3.19. The molecular weight excluding hydrogens is 180 g/mol. The molecule has 0 bridgehead atoms. The van der Waals surface area contributed by atoms with Gasteiger partial charge in [-0.2, -0.15) is 0 Å². The number of cyclic esters (lactones) is 2. The summed E-state index contributed by atoms with van der Waals surface area (Å²) in [7, 11) is 0. The van der Waals surface area contributed by atoms with Crippen LogP contribution in [0.4, 0.5) is 0 Å². The first kappa shape index (κ1) is 11.0. The van der Waals surface area contributed by atoms with Crippen molar-refractivity contribution >= 4 is 11.9 Å². The third-order valence-corrected chi connectivity index (χ3v) is 2.40. The molecule has 0 saturated carbocycles. The zero-order valence-corrected chi connectivity index (χ0v) is 8.76. The SMILES string of the molecule is CC.O=C1OC(=O)C2=C1CCCCC2. The Labute approximate surface area is 84.1 Å². The molecule has 0 aromatic carbocycles. The third kappa shape index (κ3) is 2.03. The average molecular weight is 196 g/mol. The molecule has 0 atom stereocenters. The van der Waals surface area contributed by atoms with Gasteiger partial charge in [0.15, 0.2) is 0 Å². The molecule has 3 nitrogen and oxygen atoms in total. The largest absolute Gasteiger partial charge is 0.386 e. The minimum atomic E-state index is -0.406. The highest BCUT2D eigenvalue weighted by Gasteiger charge is 2.32.